The molecule has 2 nitrogen and oxygen atoms in total. The number of hydrogen-bond acceptors (Lipinski definition) is 2. The van der Waals surface area contributed by atoms with E-state index in [1.54, 1.807) is 0 Å². The van der Waals surface area contributed by atoms with Gasteiger partial charge in [-0.25, -0.2) is 0 Å². The first kappa shape index (κ1) is 11.6. The third-order valence-electron chi connectivity index (χ3n) is 1.65. The number of rotatable bonds is 4. The molecule has 0 aliphatic rings. The van der Waals surface area contributed by atoms with Gasteiger partial charge in [-0.3, -0.25) is 4.79 Å². The molecule has 1 aromatic carbocycles. The van der Waals surface area contributed by atoms with Crippen LogP contribution in [0.15, 0.2) is 59.0 Å². The minimum atomic E-state index is -0.130. The maximum Gasteiger partial charge on any atom is 0.221 e. The Bertz CT molecular complexity index is 384. The first-order chi connectivity index (χ1) is 7.09. The zero-order chi connectivity index (χ0) is 11.3. The average molecular weight is 219 g/mol. The molecule has 0 radical (unpaired) electrons. The van der Waals surface area contributed by atoms with Gasteiger partial charge in [0.2, 0.25) is 5.91 Å². The van der Waals surface area contributed by atoms with E-state index >= 15 is 0 Å². The van der Waals surface area contributed by atoms with Crippen LogP contribution < -0.4 is 5.32 Å². The van der Waals surface area contributed by atoms with E-state index in [2.05, 4.69) is 18.5 Å². The molecule has 3 heteroatoms. The maximum absolute atomic E-state index is 10.8. The molecule has 0 saturated heterocycles. The predicted octanol–water partition coefficient (Wildman–Crippen LogP) is 2.94. The van der Waals surface area contributed by atoms with Crippen LogP contribution in [0.2, 0.25) is 0 Å². The maximum atomic E-state index is 10.8. The van der Waals surface area contributed by atoms with E-state index in [-0.39, 0.29) is 5.91 Å². The van der Waals surface area contributed by atoms with E-state index in [0.29, 0.717) is 5.70 Å². The first-order valence-corrected chi connectivity index (χ1v) is 5.30. The zero-order valence-corrected chi connectivity index (χ0v) is 9.43. The van der Waals surface area contributed by atoms with Gasteiger partial charge in [0.1, 0.15) is 0 Å². The molecule has 0 aliphatic carbocycles. The summed E-state index contributed by atoms with van der Waals surface area (Å²) in [6, 6.07) is 9.83. The molecule has 15 heavy (non-hydrogen) atoms. The van der Waals surface area contributed by atoms with Crippen molar-refractivity contribution in [1.82, 2.24) is 5.32 Å². The third-order valence-corrected chi connectivity index (χ3v) is 2.65. The fourth-order valence-electron chi connectivity index (χ4n) is 0.975. The number of hydrogen-bond donors (Lipinski definition) is 1. The van der Waals surface area contributed by atoms with Crippen LogP contribution in [-0.4, -0.2) is 5.91 Å². The summed E-state index contributed by atoms with van der Waals surface area (Å²) in [6.45, 7) is 9.04. The Kier molecular flexibility index (Phi) is 4.18. The van der Waals surface area contributed by atoms with Crippen LogP contribution >= 0.6 is 11.8 Å². The second kappa shape index (κ2) is 5.41. The highest BCUT2D eigenvalue weighted by atomic mass is 32.2. The molecule has 0 saturated carbocycles. The first-order valence-electron chi connectivity index (χ1n) is 4.48. The van der Waals surface area contributed by atoms with Gasteiger partial charge in [-0.15, -0.1) is 0 Å². The van der Waals surface area contributed by atoms with Gasteiger partial charge in [-0.05, 0) is 12.1 Å². The summed E-state index contributed by atoms with van der Waals surface area (Å²) in [5.74, 6) is -0.130. The van der Waals surface area contributed by atoms with Crippen LogP contribution in [0.3, 0.4) is 0 Å². The highest BCUT2D eigenvalue weighted by Gasteiger charge is 2.03. The fourth-order valence-corrected chi connectivity index (χ4v) is 1.73. The Balaban J connectivity index is 2.56. The standard InChI is InChI=1S/C12H13NOS/c1-9(13-11(3)14)10(2)15-12-7-5-4-6-8-12/h4-8H,1-2H2,3H3,(H,13,14). The Morgan fingerprint density at radius 1 is 1.27 bits per heavy atom. The highest BCUT2D eigenvalue weighted by Crippen LogP contribution is 2.27. The lowest BCUT2D eigenvalue weighted by Crippen LogP contribution is -2.18. The molecule has 0 aromatic heterocycles. The van der Waals surface area contributed by atoms with Crippen molar-refractivity contribution >= 4 is 17.7 Å². The van der Waals surface area contributed by atoms with Crippen LogP contribution in [0.1, 0.15) is 6.92 Å². The second-order valence-electron chi connectivity index (χ2n) is 3.00. The summed E-state index contributed by atoms with van der Waals surface area (Å²) >= 11 is 1.48. The third kappa shape index (κ3) is 4.04. The smallest absolute Gasteiger partial charge is 0.221 e. The number of thioether (sulfide) groups is 1. The van der Waals surface area contributed by atoms with Gasteiger partial charge in [-0.1, -0.05) is 43.1 Å². The van der Waals surface area contributed by atoms with E-state index in [4.69, 9.17) is 0 Å². The molecule has 78 valence electrons. The van der Waals surface area contributed by atoms with Gasteiger partial charge in [0.15, 0.2) is 0 Å². The predicted molar refractivity (Wildman–Crippen MR) is 64.4 cm³/mol. The Morgan fingerprint density at radius 2 is 1.87 bits per heavy atom. The molecule has 1 amide bonds. The quantitative estimate of drug-likeness (QED) is 0.623. The number of nitrogens with one attached hydrogen (secondary N) is 1. The van der Waals surface area contributed by atoms with Crippen molar-refractivity contribution in [2.75, 3.05) is 0 Å². The molecular formula is C12H13NOS. The van der Waals surface area contributed by atoms with Crippen molar-refractivity contribution < 1.29 is 4.79 Å². The summed E-state index contributed by atoms with van der Waals surface area (Å²) in [5, 5.41) is 2.61. The van der Waals surface area contributed by atoms with Crippen LogP contribution in [0.4, 0.5) is 0 Å². The summed E-state index contributed by atoms with van der Waals surface area (Å²) in [6.07, 6.45) is 0. The Hall–Kier alpha value is -1.48. The lowest BCUT2D eigenvalue weighted by atomic mass is 10.4. The molecule has 0 aliphatic heterocycles. The summed E-state index contributed by atoms with van der Waals surface area (Å²) in [7, 11) is 0. The van der Waals surface area contributed by atoms with Crippen molar-refractivity contribution in [1.29, 1.82) is 0 Å². The van der Waals surface area contributed by atoms with Crippen molar-refractivity contribution in [3.8, 4) is 0 Å². The molecule has 0 fully saturated rings. The van der Waals surface area contributed by atoms with E-state index in [0.717, 1.165) is 9.80 Å². The topological polar surface area (TPSA) is 29.1 Å². The van der Waals surface area contributed by atoms with Gasteiger partial charge in [0.05, 0.1) is 0 Å². The van der Waals surface area contributed by atoms with Crippen LogP contribution in [0.25, 0.3) is 0 Å². The SMILES string of the molecule is C=C(NC(C)=O)C(=C)Sc1ccccc1. The van der Waals surface area contributed by atoms with Gasteiger partial charge >= 0.3 is 0 Å². The van der Waals surface area contributed by atoms with E-state index in [1.807, 2.05) is 30.3 Å². The minimum Gasteiger partial charge on any atom is -0.326 e. The van der Waals surface area contributed by atoms with Gasteiger partial charge in [0.25, 0.3) is 0 Å². The van der Waals surface area contributed by atoms with Crippen LogP contribution in [-0.2, 0) is 4.79 Å². The molecule has 0 heterocycles. The zero-order valence-electron chi connectivity index (χ0n) is 8.62. The van der Waals surface area contributed by atoms with Crippen molar-refractivity contribution in [2.45, 2.75) is 11.8 Å². The van der Waals surface area contributed by atoms with Gasteiger partial charge < -0.3 is 5.32 Å². The monoisotopic (exact) mass is 219 g/mol. The lowest BCUT2D eigenvalue weighted by molar-refractivity contribution is -0.118. The van der Waals surface area contributed by atoms with E-state index in [9.17, 15) is 4.79 Å². The molecule has 1 rings (SSSR count). The average Bonchev–Trinajstić information content (AvgIpc) is 2.18. The van der Waals surface area contributed by atoms with Crippen molar-refractivity contribution in [2.24, 2.45) is 0 Å². The van der Waals surface area contributed by atoms with Gasteiger partial charge in [-0.2, -0.15) is 0 Å². The number of carbonyl (C=O) groups excluding carboxylic acids is 1. The van der Waals surface area contributed by atoms with E-state index < -0.39 is 0 Å². The number of carbonyl (C=O) groups is 1. The summed E-state index contributed by atoms with van der Waals surface area (Å²) in [4.78, 5) is 12.6. The lowest BCUT2D eigenvalue weighted by Gasteiger charge is -2.08. The molecular weight excluding hydrogens is 206 g/mol. The molecule has 0 unspecified atom stereocenters. The molecule has 0 spiro atoms. The number of benzene rings is 1. The molecule has 0 atom stereocenters. The molecule has 1 aromatic rings. The van der Waals surface area contributed by atoms with Crippen LogP contribution in [0, 0.1) is 0 Å². The second-order valence-corrected chi connectivity index (χ2v) is 4.17. The Labute approximate surface area is 94.1 Å². The number of amides is 1. The van der Waals surface area contributed by atoms with Crippen molar-refractivity contribution in [3.05, 3.63) is 54.1 Å². The van der Waals surface area contributed by atoms with Crippen molar-refractivity contribution in [3.63, 3.8) is 0 Å². The van der Waals surface area contributed by atoms with Crippen LogP contribution in [0.5, 0.6) is 0 Å². The highest BCUT2D eigenvalue weighted by molar-refractivity contribution is 8.03. The largest absolute Gasteiger partial charge is 0.326 e. The van der Waals surface area contributed by atoms with E-state index in [1.165, 1.54) is 18.7 Å². The fraction of sp³-hybridized carbons (Fsp3) is 0.0833. The summed E-state index contributed by atoms with van der Waals surface area (Å²) in [5.41, 5.74) is 0.552. The Morgan fingerprint density at radius 3 is 2.40 bits per heavy atom. The minimum absolute atomic E-state index is 0.130. The normalized spacial score (nSPS) is 9.40. The molecule has 1 N–H and O–H groups in total. The van der Waals surface area contributed by atoms with Gasteiger partial charge in [0, 0.05) is 22.4 Å². The summed E-state index contributed by atoms with van der Waals surface area (Å²) < 4.78 is 0. The molecule has 0 bridgehead atoms.